The second-order valence-corrected chi connectivity index (χ2v) is 8.49. The molecular formula is C19H20BrNO5. The summed E-state index contributed by atoms with van der Waals surface area (Å²) in [4.78, 5) is 36.8. The van der Waals surface area contributed by atoms with Gasteiger partial charge in [-0.2, -0.15) is 0 Å². The maximum absolute atomic E-state index is 12.6. The smallest absolute Gasteiger partial charge is 0.310 e. The molecule has 0 radical (unpaired) electrons. The van der Waals surface area contributed by atoms with Gasteiger partial charge in [0.15, 0.2) is 6.61 Å². The monoisotopic (exact) mass is 421 g/mol. The van der Waals surface area contributed by atoms with Gasteiger partial charge in [0.25, 0.3) is 5.91 Å². The summed E-state index contributed by atoms with van der Waals surface area (Å²) < 4.78 is 10.6. The zero-order valence-corrected chi connectivity index (χ0v) is 16.1. The highest BCUT2D eigenvalue weighted by atomic mass is 79.9. The first kappa shape index (κ1) is 17.5. The fourth-order valence-corrected chi connectivity index (χ4v) is 5.63. The van der Waals surface area contributed by atoms with Crippen LogP contribution in [0.3, 0.4) is 0 Å². The molecule has 3 fully saturated rings. The summed E-state index contributed by atoms with van der Waals surface area (Å²) in [5, 5.41) is 2.76. The Kier molecular flexibility index (Phi) is 4.29. The third kappa shape index (κ3) is 2.73. The van der Waals surface area contributed by atoms with Crippen LogP contribution in [0.1, 0.15) is 17.5 Å². The van der Waals surface area contributed by atoms with E-state index >= 15 is 0 Å². The van der Waals surface area contributed by atoms with E-state index < -0.39 is 23.7 Å². The van der Waals surface area contributed by atoms with E-state index in [1.807, 2.05) is 32.0 Å². The quantitative estimate of drug-likeness (QED) is 0.595. The van der Waals surface area contributed by atoms with Crippen molar-refractivity contribution in [2.45, 2.75) is 31.2 Å². The number of hydrogen-bond acceptors (Lipinski definition) is 5. The van der Waals surface area contributed by atoms with Gasteiger partial charge in [0.05, 0.1) is 16.7 Å². The molecule has 1 saturated heterocycles. The molecule has 2 aliphatic carbocycles. The minimum atomic E-state index is -0.524. The van der Waals surface area contributed by atoms with E-state index in [-0.39, 0.29) is 35.3 Å². The van der Waals surface area contributed by atoms with E-state index in [0.29, 0.717) is 5.69 Å². The number of alkyl halides is 1. The zero-order chi connectivity index (χ0) is 18.6. The van der Waals surface area contributed by atoms with Crippen molar-refractivity contribution in [3.05, 3.63) is 29.3 Å². The zero-order valence-electron chi connectivity index (χ0n) is 14.5. The van der Waals surface area contributed by atoms with Gasteiger partial charge in [-0.05, 0) is 43.4 Å². The van der Waals surface area contributed by atoms with E-state index in [1.54, 1.807) is 0 Å². The minimum Gasteiger partial charge on any atom is -0.461 e. The van der Waals surface area contributed by atoms with E-state index in [2.05, 4.69) is 21.2 Å². The highest BCUT2D eigenvalue weighted by Crippen LogP contribution is 2.60. The van der Waals surface area contributed by atoms with Crippen LogP contribution in [0.4, 0.5) is 5.69 Å². The number of carbonyl (C=O) groups excluding carboxylic acids is 3. The molecule has 6 atom stereocenters. The number of aryl methyl sites for hydroxylation is 2. The summed E-state index contributed by atoms with van der Waals surface area (Å²) in [7, 11) is 0. The Hall–Kier alpha value is -1.89. The maximum Gasteiger partial charge on any atom is 0.310 e. The molecule has 0 unspecified atom stereocenters. The number of fused-ring (bicyclic) bond motifs is 1. The SMILES string of the molecule is Cc1ccc(C)c(NC(=O)COC(=O)[C@@H]2[C@H]3C[C@H]4[C@H](OC(=O)[C@H]42)[C@H]3Br)c1. The van der Waals surface area contributed by atoms with Gasteiger partial charge in [0.1, 0.15) is 6.10 Å². The summed E-state index contributed by atoms with van der Waals surface area (Å²) >= 11 is 3.56. The molecule has 1 aromatic rings. The number of ether oxygens (including phenoxy) is 2. The number of halogens is 1. The number of anilines is 1. The molecule has 6 nitrogen and oxygen atoms in total. The number of esters is 2. The van der Waals surface area contributed by atoms with Crippen LogP contribution in [-0.4, -0.2) is 35.4 Å². The minimum absolute atomic E-state index is 0.0171. The van der Waals surface area contributed by atoms with Gasteiger partial charge < -0.3 is 14.8 Å². The van der Waals surface area contributed by atoms with Gasteiger partial charge in [-0.25, -0.2) is 0 Å². The van der Waals surface area contributed by atoms with Gasteiger partial charge in [-0.1, -0.05) is 28.1 Å². The average Bonchev–Trinajstić information content (AvgIpc) is 3.20. The normalized spacial score (nSPS) is 33.9. The molecule has 1 aromatic carbocycles. The molecule has 1 heterocycles. The number of hydrogen-bond donors (Lipinski definition) is 1. The number of nitrogens with one attached hydrogen (secondary N) is 1. The van der Waals surface area contributed by atoms with Crippen molar-refractivity contribution in [3.8, 4) is 0 Å². The molecule has 2 saturated carbocycles. The molecule has 7 heteroatoms. The van der Waals surface area contributed by atoms with Crippen LogP contribution in [0, 0.1) is 37.5 Å². The molecule has 3 aliphatic rings. The fraction of sp³-hybridized carbons (Fsp3) is 0.526. The summed E-state index contributed by atoms with van der Waals surface area (Å²) in [5.41, 5.74) is 2.67. The maximum atomic E-state index is 12.6. The number of amides is 1. The first-order chi connectivity index (χ1) is 12.4. The van der Waals surface area contributed by atoms with Crippen molar-refractivity contribution in [2.75, 3.05) is 11.9 Å². The lowest BCUT2D eigenvalue weighted by Crippen LogP contribution is -2.39. The van der Waals surface area contributed by atoms with Gasteiger partial charge in [-0.3, -0.25) is 14.4 Å². The number of benzene rings is 1. The summed E-state index contributed by atoms with van der Waals surface area (Å²) in [6.07, 6.45) is 0.653. The molecule has 4 rings (SSSR count). The second kappa shape index (κ2) is 6.37. The van der Waals surface area contributed by atoms with Crippen molar-refractivity contribution < 1.29 is 23.9 Å². The Morgan fingerprint density at radius 1 is 1.31 bits per heavy atom. The highest BCUT2D eigenvalue weighted by molar-refractivity contribution is 9.09. The Labute approximate surface area is 159 Å². The van der Waals surface area contributed by atoms with Crippen LogP contribution in [0.25, 0.3) is 0 Å². The van der Waals surface area contributed by atoms with Crippen molar-refractivity contribution in [2.24, 2.45) is 23.7 Å². The van der Waals surface area contributed by atoms with Crippen LogP contribution >= 0.6 is 15.9 Å². The molecule has 2 bridgehead atoms. The van der Waals surface area contributed by atoms with Crippen molar-refractivity contribution in [1.29, 1.82) is 0 Å². The summed E-state index contributed by atoms with van der Waals surface area (Å²) in [5.74, 6) is -2.03. The van der Waals surface area contributed by atoms with E-state index in [4.69, 9.17) is 9.47 Å². The molecular weight excluding hydrogens is 402 g/mol. The largest absolute Gasteiger partial charge is 0.461 e. The van der Waals surface area contributed by atoms with Crippen molar-refractivity contribution >= 4 is 39.5 Å². The van der Waals surface area contributed by atoms with Gasteiger partial charge in [0, 0.05) is 11.6 Å². The van der Waals surface area contributed by atoms with Gasteiger partial charge >= 0.3 is 11.9 Å². The Bertz CT molecular complexity index is 794. The van der Waals surface area contributed by atoms with Crippen LogP contribution in [0.15, 0.2) is 18.2 Å². The van der Waals surface area contributed by atoms with Crippen molar-refractivity contribution in [3.63, 3.8) is 0 Å². The fourth-order valence-electron chi connectivity index (χ4n) is 4.58. The molecule has 1 aliphatic heterocycles. The number of rotatable bonds is 4. The first-order valence-corrected chi connectivity index (χ1v) is 9.66. The van der Waals surface area contributed by atoms with Crippen LogP contribution in [0.5, 0.6) is 0 Å². The molecule has 1 N–H and O–H groups in total. The standard InChI is InChI=1S/C19H20BrNO5/c1-8-3-4-9(2)12(5-8)21-13(22)7-25-18(23)14-10-6-11-15(14)19(24)26-17(11)16(10)20/h3-5,10-11,14-17H,6-7H2,1-2H3,(H,21,22)/t10-,11-,14-,15-,16+,17+/m1/s1. The predicted molar refractivity (Wildman–Crippen MR) is 96.7 cm³/mol. The predicted octanol–water partition coefficient (Wildman–Crippen LogP) is 2.36. The average molecular weight is 422 g/mol. The molecule has 0 spiro atoms. The summed E-state index contributed by atoms with van der Waals surface area (Å²) in [6, 6.07) is 5.75. The highest BCUT2D eigenvalue weighted by Gasteiger charge is 2.68. The lowest BCUT2D eigenvalue weighted by atomic mass is 9.80. The van der Waals surface area contributed by atoms with Gasteiger partial charge in [-0.15, -0.1) is 0 Å². The van der Waals surface area contributed by atoms with Crippen LogP contribution in [-0.2, 0) is 23.9 Å². The van der Waals surface area contributed by atoms with E-state index in [1.165, 1.54) is 0 Å². The molecule has 26 heavy (non-hydrogen) atoms. The van der Waals surface area contributed by atoms with Crippen molar-refractivity contribution in [1.82, 2.24) is 0 Å². The Balaban J connectivity index is 1.38. The topological polar surface area (TPSA) is 81.7 Å². The Morgan fingerprint density at radius 2 is 2.08 bits per heavy atom. The van der Waals surface area contributed by atoms with E-state index in [0.717, 1.165) is 17.5 Å². The lowest BCUT2D eigenvalue weighted by molar-refractivity contribution is -0.157. The third-order valence-electron chi connectivity index (χ3n) is 5.81. The van der Waals surface area contributed by atoms with Gasteiger partial charge in [0.2, 0.25) is 0 Å². The van der Waals surface area contributed by atoms with E-state index in [9.17, 15) is 14.4 Å². The first-order valence-electron chi connectivity index (χ1n) is 8.75. The van der Waals surface area contributed by atoms with Crippen LogP contribution < -0.4 is 5.32 Å². The summed E-state index contributed by atoms with van der Waals surface area (Å²) in [6.45, 7) is 3.47. The lowest BCUT2D eigenvalue weighted by Gasteiger charge is -2.26. The molecule has 0 aromatic heterocycles. The molecule has 138 valence electrons. The second-order valence-electron chi connectivity index (χ2n) is 7.44. The Morgan fingerprint density at radius 3 is 2.85 bits per heavy atom. The molecule has 1 amide bonds. The van der Waals surface area contributed by atoms with Crippen LogP contribution in [0.2, 0.25) is 0 Å². The third-order valence-corrected chi connectivity index (χ3v) is 7.01. The number of carbonyl (C=O) groups is 3.